The molecule has 1 heterocycles. The first-order valence-electron chi connectivity index (χ1n) is 9.09. The maximum Gasteiger partial charge on any atom is 0.321 e. The van der Waals surface area contributed by atoms with Crippen molar-refractivity contribution in [3.8, 4) is 0 Å². The number of anilines is 1. The predicted octanol–water partition coefficient (Wildman–Crippen LogP) is 2.08. The number of carbonyl (C=O) groups is 1. The van der Waals surface area contributed by atoms with Crippen LogP contribution in [0.3, 0.4) is 0 Å². The highest BCUT2D eigenvalue weighted by molar-refractivity contribution is 7.89. The van der Waals surface area contributed by atoms with E-state index in [4.69, 9.17) is 0 Å². The van der Waals surface area contributed by atoms with Crippen LogP contribution in [0.5, 0.6) is 0 Å². The van der Waals surface area contributed by atoms with Crippen LogP contribution in [0.1, 0.15) is 33.6 Å². The van der Waals surface area contributed by atoms with Gasteiger partial charge < -0.3 is 10.2 Å². The van der Waals surface area contributed by atoms with Gasteiger partial charge in [0.2, 0.25) is 10.0 Å². The van der Waals surface area contributed by atoms with Crippen molar-refractivity contribution in [1.82, 2.24) is 14.5 Å². The highest BCUT2D eigenvalue weighted by Crippen LogP contribution is 2.28. The predicted molar refractivity (Wildman–Crippen MR) is 102 cm³/mol. The third kappa shape index (κ3) is 4.75. The lowest BCUT2D eigenvalue weighted by atomic mass is 10.1. The Hall–Kier alpha value is -1.64. The van der Waals surface area contributed by atoms with Crippen molar-refractivity contribution >= 4 is 21.7 Å². The van der Waals surface area contributed by atoms with E-state index in [2.05, 4.69) is 14.9 Å². The molecule has 0 radical (unpaired) electrons. The second-order valence-corrected chi connectivity index (χ2v) is 9.69. The van der Waals surface area contributed by atoms with E-state index < -0.39 is 15.6 Å². The average Bonchev–Trinajstić information content (AvgIpc) is 3.38. The lowest BCUT2D eigenvalue weighted by Gasteiger charge is -2.34. The van der Waals surface area contributed by atoms with Crippen molar-refractivity contribution in [3.05, 3.63) is 24.3 Å². The molecule has 1 aromatic rings. The summed E-state index contributed by atoms with van der Waals surface area (Å²) < 4.78 is 28.0. The van der Waals surface area contributed by atoms with Gasteiger partial charge in [0.25, 0.3) is 0 Å². The number of piperazine rings is 1. The molecule has 1 aliphatic heterocycles. The highest BCUT2D eigenvalue weighted by Gasteiger charge is 2.32. The van der Waals surface area contributed by atoms with Crippen molar-refractivity contribution < 1.29 is 13.2 Å². The Morgan fingerprint density at radius 1 is 1.08 bits per heavy atom. The van der Waals surface area contributed by atoms with E-state index in [0.717, 1.165) is 13.1 Å². The number of nitrogens with one attached hydrogen (secondary N) is 2. The zero-order chi connectivity index (χ0) is 18.9. The Labute approximate surface area is 155 Å². The van der Waals surface area contributed by atoms with Gasteiger partial charge in [-0.1, -0.05) is 12.1 Å². The smallest absolute Gasteiger partial charge is 0.321 e. The van der Waals surface area contributed by atoms with Crippen LogP contribution in [0.4, 0.5) is 10.5 Å². The molecule has 0 atom stereocenters. The lowest BCUT2D eigenvalue weighted by Crippen LogP contribution is -2.50. The summed E-state index contributed by atoms with van der Waals surface area (Å²) in [5.41, 5.74) is -0.298. The average molecular weight is 381 g/mol. The molecule has 0 spiro atoms. The molecule has 3 rings (SSSR count). The van der Waals surface area contributed by atoms with Crippen LogP contribution in [-0.2, 0) is 10.0 Å². The maximum atomic E-state index is 12.7. The number of urea groups is 1. The van der Waals surface area contributed by atoms with E-state index in [1.165, 1.54) is 18.9 Å². The summed E-state index contributed by atoms with van der Waals surface area (Å²) in [5, 5.41) is 2.78. The zero-order valence-corrected chi connectivity index (χ0v) is 16.5. The van der Waals surface area contributed by atoms with Crippen LogP contribution in [0, 0.1) is 0 Å². The summed E-state index contributed by atoms with van der Waals surface area (Å²) in [6.07, 6.45) is 2.52. The van der Waals surface area contributed by atoms with Crippen LogP contribution < -0.4 is 10.0 Å². The standard InChI is InChI=1S/C18H28N4O3S/c1-18(2,3)20-26(24,25)16-7-5-4-6-15(16)19-17(23)22-12-10-21(11-13-22)14-8-9-14/h4-7,14,20H,8-13H2,1-3H3,(H,19,23). The number of carbonyl (C=O) groups excluding carboxylic acids is 1. The maximum absolute atomic E-state index is 12.7. The van der Waals surface area contributed by atoms with Gasteiger partial charge in [0.1, 0.15) is 4.90 Å². The van der Waals surface area contributed by atoms with Crippen molar-refractivity contribution in [3.63, 3.8) is 0 Å². The first-order chi connectivity index (χ1) is 12.2. The monoisotopic (exact) mass is 380 g/mol. The molecule has 1 saturated heterocycles. The van der Waals surface area contributed by atoms with Gasteiger partial charge in [-0.05, 0) is 45.7 Å². The molecule has 2 fully saturated rings. The lowest BCUT2D eigenvalue weighted by molar-refractivity contribution is 0.142. The summed E-state index contributed by atoms with van der Waals surface area (Å²) >= 11 is 0. The number of amides is 2. The Kier molecular flexibility index (Phi) is 5.28. The number of sulfonamides is 1. The molecule has 0 aromatic heterocycles. The fraction of sp³-hybridized carbons (Fsp3) is 0.611. The molecule has 26 heavy (non-hydrogen) atoms. The van der Waals surface area contributed by atoms with Crippen LogP contribution in [0.25, 0.3) is 0 Å². The van der Waals surface area contributed by atoms with E-state index in [1.807, 2.05) is 0 Å². The van der Waals surface area contributed by atoms with Gasteiger partial charge in [-0.2, -0.15) is 0 Å². The molecular weight excluding hydrogens is 352 g/mol. The fourth-order valence-electron chi connectivity index (χ4n) is 3.19. The normalized spacial score (nSPS) is 19.4. The second kappa shape index (κ2) is 7.17. The molecule has 0 unspecified atom stereocenters. The van der Waals surface area contributed by atoms with E-state index >= 15 is 0 Å². The number of rotatable bonds is 4. The van der Waals surface area contributed by atoms with E-state index in [1.54, 1.807) is 43.9 Å². The number of nitrogens with zero attached hydrogens (tertiary/aromatic N) is 2. The first kappa shape index (κ1) is 19.1. The van der Waals surface area contributed by atoms with Crippen LogP contribution in [0.15, 0.2) is 29.2 Å². The number of benzene rings is 1. The second-order valence-electron chi connectivity index (χ2n) is 8.04. The molecule has 1 aromatic carbocycles. The van der Waals surface area contributed by atoms with Gasteiger partial charge in [-0.15, -0.1) is 0 Å². The first-order valence-corrected chi connectivity index (χ1v) is 10.6. The van der Waals surface area contributed by atoms with Crippen LogP contribution in [0.2, 0.25) is 0 Å². The molecule has 8 heteroatoms. The van der Waals surface area contributed by atoms with E-state index in [9.17, 15) is 13.2 Å². The topological polar surface area (TPSA) is 81.8 Å². The summed E-state index contributed by atoms with van der Waals surface area (Å²) in [7, 11) is -3.73. The molecule has 0 bridgehead atoms. The third-order valence-corrected chi connectivity index (χ3v) is 6.34. The number of hydrogen-bond donors (Lipinski definition) is 2. The van der Waals surface area contributed by atoms with Gasteiger partial charge in [0, 0.05) is 37.8 Å². The molecule has 1 saturated carbocycles. The number of para-hydroxylation sites is 1. The Morgan fingerprint density at radius 3 is 2.27 bits per heavy atom. The van der Waals surface area contributed by atoms with Gasteiger partial charge in [0.15, 0.2) is 0 Å². The molecular formula is C18H28N4O3S. The summed E-state index contributed by atoms with van der Waals surface area (Å²) in [6.45, 7) is 8.43. The Bertz CT molecular complexity index is 761. The van der Waals surface area contributed by atoms with Crippen molar-refractivity contribution in [1.29, 1.82) is 0 Å². The number of hydrogen-bond acceptors (Lipinski definition) is 4. The van der Waals surface area contributed by atoms with Crippen molar-refractivity contribution in [2.24, 2.45) is 0 Å². The molecule has 2 amide bonds. The van der Waals surface area contributed by atoms with Crippen LogP contribution >= 0.6 is 0 Å². The molecule has 7 nitrogen and oxygen atoms in total. The van der Waals surface area contributed by atoms with Crippen molar-refractivity contribution in [2.45, 2.75) is 50.1 Å². The minimum Gasteiger partial charge on any atom is -0.322 e. The third-order valence-electron chi connectivity index (χ3n) is 4.52. The summed E-state index contributed by atoms with van der Waals surface area (Å²) in [4.78, 5) is 16.9. The molecule has 1 aliphatic carbocycles. The van der Waals surface area contributed by atoms with Crippen molar-refractivity contribution in [2.75, 3.05) is 31.5 Å². The van der Waals surface area contributed by atoms with E-state index in [0.29, 0.717) is 24.8 Å². The van der Waals surface area contributed by atoms with Gasteiger partial charge in [-0.25, -0.2) is 17.9 Å². The largest absolute Gasteiger partial charge is 0.322 e. The SMILES string of the molecule is CC(C)(C)NS(=O)(=O)c1ccccc1NC(=O)N1CCN(C2CC2)CC1. The zero-order valence-electron chi connectivity index (χ0n) is 15.7. The molecule has 144 valence electrons. The Morgan fingerprint density at radius 2 is 1.69 bits per heavy atom. The summed E-state index contributed by atoms with van der Waals surface area (Å²) in [6, 6.07) is 6.95. The van der Waals surface area contributed by atoms with Gasteiger partial charge in [0.05, 0.1) is 5.69 Å². The van der Waals surface area contributed by atoms with Crippen LogP contribution in [-0.4, -0.2) is 62.0 Å². The highest BCUT2D eigenvalue weighted by atomic mass is 32.2. The molecule has 2 aliphatic rings. The molecule has 2 N–H and O–H groups in total. The van der Waals surface area contributed by atoms with Gasteiger partial charge in [-0.3, -0.25) is 4.90 Å². The minimum absolute atomic E-state index is 0.0832. The van der Waals surface area contributed by atoms with Gasteiger partial charge >= 0.3 is 6.03 Å². The van der Waals surface area contributed by atoms with E-state index in [-0.39, 0.29) is 10.9 Å². The fourth-order valence-corrected chi connectivity index (χ4v) is 4.77. The summed E-state index contributed by atoms with van der Waals surface area (Å²) in [5.74, 6) is 0. The quantitative estimate of drug-likeness (QED) is 0.838. The minimum atomic E-state index is -3.73. The Balaban J connectivity index is 1.69.